The summed E-state index contributed by atoms with van der Waals surface area (Å²) >= 11 is 6.31. The normalized spacial score (nSPS) is 13.7. The van der Waals surface area contributed by atoms with Gasteiger partial charge in [-0.3, -0.25) is 4.79 Å². The second-order valence-electron chi connectivity index (χ2n) is 6.03. The van der Waals surface area contributed by atoms with E-state index in [0.717, 1.165) is 35.3 Å². The molecule has 0 spiro atoms. The number of hydrogen-bond acceptors (Lipinski definition) is 4. The lowest BCUT2D eigenvalue weighted by Gasteiger charge is -2.12. The SMILES string of the molecule is Cc1cc(C)c(Nc2nc(C)cc(C(=O)NC3CC3)n2)c(Cl)c1. The van der Waals surface area contributed by atoms with E-state index < -0.39 is 0 Å². The highest BCUT2D eigenvalue weighted by Crippen LogP contribution is 2.29. The number of benzene rings is 1. The Morgan fingerprint density at radius 2 is 1.91 bits per heavy atom. The fraction of sp³-hybridized carbons (Fsp3) is 0.353. The van der Waals surface area contributed by atoms with Crippen molar-refractivity contribution in [2.75, 3.05) is 5.32 Å². The number of halogens is 1. The van der Waals surface area contributed by atoms with Crippen molar-refractivity contribution in [1.29, 1.82) is 0 Å². The van der Waals surface area contributed by atoms with E-state index in [1.807, 2.05) is 32.9 Å². The number of nitrogens with one attached hydrogen (secondary N) is 2. The van der Waals surface area contributed by atoms with Crippen LogP contribution in [0.25, 0.3) is 0 Å². The second kappa shape index (κ2) is 6.16. The average molecular weight is 331 g/mol. The molecule has 120 valence electrons. The third-order valence-corrected chi connectivity index (χ3v) is 3.97. The zero-order chi connectivity index (χ0) is 16.6. The molecule has 0 unspecified atom stereocenters. The Labute approximate surface area is 140 Å². The zero-order valence-electron chi connectivity index (χ0n) is 13.4. The number of aromatic nitrogens is 2. The van der Waals surface area contributed by atoms with Crippen molar-refractivity contribution in [2.24, 2.45) is 0 Å². The lowest BCUT2D eigenvalue weighted by Crippen LogP contribution is -2.26. The summed E-state index contributed by atoms with van der Waals surface area (Å²) in [5.74, 6) is 0.215. The van der Waals surface area contributed by atoms with E-state index in [1.54, 1.807) is 6.07 Å². The molecule has 1 aliphatic rings. The van der Waals surface area contributed by atoms with Crippen LogP contribution in [0.4, 0.5) is 11.6 Å². The van der Waals surface area contributed by atoms with Gasteiger partial charge in [0.1, 0.15) is 5.69 Å². The van der Waals surface area contributed by atoms with Crippen LogP contribution in [-0.4, -0.2) is 21.9 Å². The number of nitrogens with zero attached hydrogens (tertiary/aromatic N) is 2. The fourth-order valence-electron chi connectivity index (χ4n) is 2.41. The molecule has 0 aliphatic heterocycles. The van der Waals surface area contributed by atoms with Crippen molar-refractivity contribution in [3.05, 3.63) is 45.7 Å². The molecule has 1 fully saturated rings. The Hall–Kier alpha value is -2.14. The van der Waals surface area contributed by atoms with Gasteiger partial charge in [-0.15, -0.1) is 0 Å². The average Bonchev–Trinajstić information content (AvgIpc) is 3.26. The predicted molar refractivity (Wildman–Crippen MR) is 91.5 cm³/mol. The largest absolute Gasteiger partial charge is 0.348 e. The van der Waals surface area contributed by atoms with Crippen LogP contribution in [0.5, 0.6) is 0 Å². The van der Waals surface area contributed by atoms with Gasteiger partial charge in [0.25, 0.3) is 5.91 Å². The summed E-state index contributed by atoms with van der Waals surface area (Å²) in [5, 5.41) is 6.68. The molecule has 23 heavy (non-hydrogen) atoms. The fourth-order valence-corrected chi connectivity index (χ4v) is 2.78. The smallest absolute Gasteiger partial charge is 0.270 e. The molecule has 3 rings (SSSR count). The number of hydrogen-bond donors (Lipinski definition) is 2. The van der Waals surface area contributed by atoms with Gasteiger partial charge in [-0.25, -0.2) is 9.97 Å². The molecule has 0 radical (unpaired) electrons. The Bertz CT molecular complexity index is 748. The first-order chi connectivity index (χ1) is 10.9. The molecule has 0 bridgehead atoms. The van der Waals surface area contributed by atoms with Crippen LogP contribution in [0, 0.1) is 20.8 Å². The summed E-state index contributed by atoms with van der Waals surface area (Å²) in [5.41, 5.74) is 3.95. The van der Waals surface area contributed by atoms with Gasteiger partial charge in [0, 0.05) is 11.7 Å². The van der Waals surface area contributed by atoms with Crippen LogP contribution >= 0.6 is 11.6 Å². The van der Waals surface area contributed by atoms with Gasteiger partial charge in [0.15, 0.2) is 0 Å². The number of rotatable bonds is 4. The summed E-state index contributed by atoms with van der Waals surface area (Å²) in [6.07, 6.45) is 2.08. The molecule has 1 aliphatic carbocycles. The summed E-state index contributed by atoms with van der Waals surface area (Å²) in [4.78, 5) is 20.8. The second-order valence-corrected chi connectivity index (χ2v) is 6.44. The van der Waals surface area contributed by atoms with E-state index in [1.165, 1.54) is 0 Å². The van der Waals surface area contributed by atoms with Crippen LogP contribution in [-0.2, 0) is 0 Å². The first-order valence-electron chi connectivity index (χ1n) is 7.62. The highest BCUT2D eigenvalue weighted by atomic mass is 35.5. The van der Waals surface area contributed by atoms with Gasteiger partial charge in [-0.1, -0.05) is 17.7 Å². The van der Waals surface area contributed by atoms with Crippen LogP contribution in [0.15, 0.2) is 18.2 Å². The van der Waals surface area contributed by atoms with E-state index in [2.05, 4.69) is 20.6 Å². The molecule has 2 N–H and O–H groups in total. The molecular formula is C17H19ClN4O. The molecule has 1 heterocycles. The number of amides is 1. The Morgan fingerprint density at radius 3 is 2.57 bits per heavy atom. The molecule has 6 heteroatoms. The minimum absolute atomic E-state index is 0.159. The lowest BCUT2D eigenvalue weighted by molar-refractivity contribution is 0.0946. The highest BCUT2D eigenvalue weighted by molar-refractivity contribution is 6.33. The van der Waals surface area contributed by atoms with E-state index in [-0.39, 0.29) is 5.91 Å². The van der Waals surface area contributed by atoms with Crippen LogP contribution in [0.1, 0.15) is 40.2 Å². The van der Waals surface area contributed by atoms with E-state index in [9.17, 15) is 4.79 Å². The molecule has 2 aromatic rings. The number of anilines is 2. The van der Waals surface area contributed by atoms with Gasteiger partial charge in [0.05, 0.1) is 10.7 Å². The van der Waals surface area contributed by atoms with Gasteiger partial charge in [-0.05, 0) is 56.9 Å². The Kier molecular flexibility index (Phi) is 4.22. The van der Waals surface area contributed by atoms with Crippen molar-refractivity contribution >= 4 is 29.1 Å². The van der Waals surface area contributed by atoms with Crippen molar-refractivity contribution < 1.29 is 4.79 Å². The van der Waals surface area contributed by atoms with Gasteiger partial charge < -0.3 is 10.6 Å². The highest BCUT2D eigenvalue weighted by Gasteiger charge is 2.24. The lowest BCUT2D eigenvalue weighted by atomic mass is 10.1. The van der Waals surface area contributed by atoms with E-state index >= 15 is 0 Å². The Morgan fingerprint density at radius 1 is 1.17 bits per heavy atom. The standard InChI is InChI=1S/C17H19ClN4O/c1-9-6-10(2)15(13(18)7-9)22-17-19-11(3)8-14(21-17)16(23)20-12-4-5-12/h6-8,12H,4-5H2,1-3H3,(H,20,23)(H,19,21,22). The maximum Gasteiger partial charge on any atom is 0.270 e. The molecule has 5 nitrogen and oxygen atoms in total. The van der Waals surface area contributed by atoms with Crippen molar-refractivity contribution in [1.82, 2.24) is 15.3 Å². The quantitative estimate of drug-likeness (QED) is 0.897. The molecule has 1 aromatic heterocycles. The van der Waals surface area contributed by atoms with Crippen LogP contribution in [0.3, 0.4) is 0 Å². The topological polar surface area (TPSA) is 66.9 Å². The maximum atomic E-state index is 12.2. The van der Waals surface area contributed by atoms with Crippen LogP contribution < -0.4 is 10.6 Å². The monoisotopic (exact) mass is 330 g/mol. The summed E-state index contributed by atoms with van der Waals surface area (Å²) in [6, 6.07) is 5.90. The van der Waals surface area contributed by atoms with Gasteiger partial charge in [0.2, 0.25) is 5.95 Å². The summed E-state index contributed by atoms with van der Waals surface area (Å²) in [6.45, 7) is 5.80. The minimum atomic E-state index is -0.159. The minimum Gasteiger partial charge on any atom is -0.348 e. The third kappa shape index (κ3) is 3.79. The summed E-state index contributed by atoms with van der Waals surface area (Å²) in [7, 11) is 0. The van der Waals surface area contributed by atoms with Crippen molar-refractivity contribution in [3.63, 3.8) is 0 Å². The first kappa shape index (κ1) is 15.7. The number of carbonyl (C=O) groups is 1. The van der Waals surface area contributed by atoms with Gasteiger partial charge >= 0.3 is 0 Å². The molecule has 0 atom stereocenters. The number of carbonyl (C=O) groups excluding carboxylic acids is 1. The zero-order valence-corrected chi connectivity index (χ0v) is 14.2. The van der Waals surface area contributed by atoms with Crippen LogP contribution in [0.2, 0.25) is 5.02 Å². The van der Waals surface area contributed by atoms with E-state index in [0.29, 0.717) is 22.7 Å². The predicted octanol–water partition coefficient (Wildman–Crippen LogP) is 3.69. The van der Waals surface area contributed by atoms with Gasteiger partial charge in [-0.2, -0.15) is 0 Å². The molecule has 0 saturated heterocycles. The first-order valence-corrected chi connectivity index (χ1v) is 8.00. The summed E-state index contributed by atoms with van der Waals surface area (Å²) < 4.78 is 0. The van der Waals surface area contributed by atoms with Crippen molar-refractivity contribution in [3.8, 4) is 0 Å². The number of aryl methyl sites for hydroxylation is 3. The Balaban J connectivity index is 1.88. The molecule has 1 saturated carbocycles. The third-order valence-electron chi connectivity index (χ3n) is 3.67. The molecule has 1 aromatic carbocycles. The van der Waals surface area contributed by atoms with E-state index in [4.69, 9.17) is 11.6 Å². The maximum absolute atomic E-state index is 12.2. The molecular weight excluding hydrogens is 312 g/mol. The van der Waals surface area contributed by atoms with Crippen molar-refractivity contribution in [2.45, 2.75) is 39.7 Å². The molecule has 1 amide bonds.